The Balaban J connectivity index is 2.48. The van der Waals surface area contributed by atoms with Gasteiger partial charge < -0.3 is 10.2 Å². The highest BCUT2D eigenvalue weighted by Gasteiger charge is 2.33. The average molecular weight is 553 g/mol. The van der Waals surface area contributed by atoms with E-state index in [2.05, 4.69) is 21.2 Å². The van der Waals surface area contributed by atoms with Gasteiger partial charge in [0.05, 0.1) is 11.9 Å². The van der Waals surface area contributed by atoms with E-state index in [0.717, 1.165) is 21.7 Å². The summed E-state index contributed by atoms with van der Waals surface area (Å²) < 4.78 is 26.9. The smallest absolute Gasteiger partial charge is 0.244 e. The van der Waals surface area contributed by atoms with E-state index in [1.54, 1.807) is 24.3 Å². The molecule has 1 N–H and O–H groups in total. The van der Waals surface area contributed by atoms with Gasteiger partial charge in [0.15, 0.2) is 0 Å². The number of benzene rings is 2. The Morgan fingerprint density at radius 2 is 1.74 bits per heavy atom. The number of para-hydroxylation sites is 1. The summed E-state index contributed by atoms with van der Waals surface area (Å²) in [6.07, 6.45) is 1.45. The third-order valence-electron chi connectivity index (χ3n) is 5.12. The number of hydrogen-bond acceptors (Lipinski definition) is 4. The first kappa shape index (κ1) is 27.9. The highest BCUT2D eigenvalue weighted by atomic mass is 79.9. The average Bonchev–Trinajstić information content (AvgIpc) is 2.70. The summed E-state index contributed by atoms with van der Waals surface area (Å²) in [4.78, 5) is 28.3. The molecule has 0 spiro atoms. The Hall–Kier alpha value is -2.39. The second-order valence-electron chi connectivity index (χ2n) is 9.40. The van der Waals surface area contributed by atoms with Gasteiger partial charge in [-0.15, -0.1) is 0 Å². The Kier molecular flexibility index (Phi) is 9.30. The van der Waals surface area contributed by atoms with E-state index in [1.807, 2.05) is 58.9 Å². The van der Waals surface area contributed by atoms with Crippen molar-refractivity contribution in [2.45, 2.75) is 59.2 Å². The molecule has 0 fully saturated rings. The predicted molar refractivity (Wildman–Crippen MR) is 140 cm³/mol. The molecule has 34 heavy (non-hydrogen) atoms. The summed E-state index contributed by atoms with van der Waals surface area (Å²) in [6, 6.07) is 13.8. The second kappa shape index (κ2) is 11.4. The number of rotatable bonds is 9. The molecule has 0 aliphatic carbocycles. The second-order valence-corrected chi connectivity index (χ2v) is 12.2. The van der Waals surface area contributed by atoms with Crippen LogP contribution >= 0.6 is 15.9 Å². The van der Waals surface area contributed by atoms with E-state index in [4.69, 9.17) is 0 Å². The molecule has 0 radical (unpaired) electrons. The molecule has 7 nitrogen and oxygen atoms in total. The zero-order valence-electron chi connectivity index (χ0n) is 20.6. The predicted octanol–water partition coefficient (Wildman–Crippen LogP) is 4.25. The van der Waals surface area contributed by atoms with Gasteiger partial charge in [-0.05, 0) is 67.7 Å². The number of nitrogens with zero attached hydrogens (tertiary/aromatic N) is 2. The third-order valence-corrected chi connectivity index (χ3v) is 6.92. The summed E-state index contributed by atoms with van der Waals surface area (Å²) in [5.41, 5.74) is 1.78. The van der Waals surface area contributed by atoms with Crippen LogP contribution in [0.15, 0.2) is 53.0 Å². The van der Waals surface area contributed by atoms with Crippen molar-refractivity contribution in [3.63, 3.8) is 0 Å². The van der Waals surface area contributed by atoms with Crippen molar-refractivity contribution < 1.29 is 18.0 Å². The lowest BCUT2D eigenvalue weighted by Crippen LogP contribution is -2.55. The van der Waals surface area contributed by atoms with Crippen molar-refractivity contribution in [2.24, 2.45) is 0 Å². The largest absolute Gasteiger partial charge is 0.350 e. The number of carbonyl (C=O) groups excluding carboxylic acids is 2. The van der Waals surface area contributed by atoms with E-state index in [0.29, 0.717) is 16.6 Å². The molecule has 0 saturated heterocycles. The van der Waals surface area contributed by atoms with Crippen LogP contribution < -0.4 is 9.62 Å². The van der Waals surface area contributed by atoms with Crippen LogP contribution in [0, 0.1) is 6.92 Å². The van der Waals surface area contributed by atoms with Crippen molar-refractivity contribution in [1.29, 1.82) is 0 Å². The molecular formula is C25H34BrN3O4S. The Morgan fingerprint density at radius 3 is 2.26 bits per heavy atom. The maximum Gasteiger partial charge on any atom is 0.244 e. The zero-order valence-corrected chi connectivity index (χ0v) is 23.0. The molecule has 0 aliphatic rings. The van der Waals surface area contributed by atoms with Gasteiger partial charge in [-0.3, -0.25) is 13.9 Å². The fourth-order valence-electron chi connectivity index (χ4n) is 3.63. The molecule has 0 heterocycles. The van der Waals surface area contributed by atoms with Crippen molar-refractivity contribution in [3.05, 3.63) is 64.1 Å². The van der Waals surface area contributed by atoms with Gasteiger partial charge >= 0.3 is 0 Å². The van der Waals surface area contributed by atoms with Crippen LogP contribution in [0.5, 0.6) is 0 Å². The quantitative estimate of drug-likeness (QED) is 0.504. The zero-order chi connectivity index (χ0) is 25.7. The van der Waals surface area contributed by atoms with Gasteiger partial charge in [0.1, 0.15) is 12.6 Å². The first-order chi connectivity index (χ1) is 15.7. The normalized spacial score (nSPS) is 12.7. The number of carbonyl (C=O) groups is 2. The topological polar surface area (TPSA) is 86.8 Å². The maximum absolute atomic E-state index is 13.7. The summed E-state index contributed by atoms with van der Waals surface area (Å²) in [6.45, 7) is 9.19. The molecular weight excluding hydrogens is 518 g/mol. The number of anilines is 1. The van der Waals surface area contributed by atoms with Gasteiger partial charge in [-0.1, -0.05) is 48.9 Å². The number of nitrogens with one attached hydrogen (secondary N) is 1. The minimum atomic E-state index is -3.77. The molecule has 2 amide bonds. The van der Waals surface area contributed by atoms with E-state index < -0.39 is 34.1 Å². The van der Waals surface area contributed by atoms with Crippen molar-refractivity contribution >= 4 is 43.5 Å². The fraction of sp³-hybridized carbons (Fsp3) is 0.440. The minimum absolute atomic E-state index is 0.185. The lowest BCUT2D eigenvalue weighted by molar-refractivity contribution is -0.141. The SMILES string of the molecule is CC[C@H](C(=O)NC(C)(C)C)N(Cc1cccc(C)c1)C(=O)CN(c1ccccc1Br)S(C)(=O)=O. The Labute approximate surface area is 211 Å². The van der Waals surface area contributed by atoms with E-state index in [1.165, 1.54) is 4.90 Å². The monoisotopic (exact) mass is 551 g/mol. The maximum atomic E-state index is 13.7. The molecule has 0 saturated carbocycles. The number of sulfonamides is 1. The number of halogens is 1. The van der Waals surface area contributed by atoms with Crippen LogP contribution in [-0.4, -0.2) is 49.5 Å². The van der Waals surface area contributed by atoms with Crippen LogP contribution in [0.4, 0.5) is 5.69 Å². The molecule has 9 heteroatoms. The summed E-state index contributed by atoms with van der Waals surface area (Å²) in [5, 5.41) is 2.95. The molecule has 1 atom stereocenters. The van der Waals surface area contributed by atoms with Crippen molar-refractivity contribution in [2.75, 3.05) is 17.1 Å². The molecule has 2 rings (SSSR count). The van der Waals surface area contributed by atoms with E-state index in [-0.39, 0.29) is 12.5 Å². The van der Waals surface area contributed by atoms with Gasteiger partial charge in [0, 0.05) is 16.6 Å². The van der Waals surface area contributed by atoms with Gasteiger partial charge in [0.25, 0.3) is 0 Å². The van der Waals surface area contributed by atoms with Crippen LogP contribution in [0.3, 0.4) is 0 Å². The number of amides is 2. The van der Waals surface area contributed by atoms with E-state index in [9.17, 15) is 18.0 Å². The van der Waals surface area contributed by atoms with Gasteiger partial charge in [-0.2, -0.15) is 0 Å². The standard InChI is InChI=1S/C25H34BrN3O4S/c1-7-21(24(31)27-25(3,4)5)28(16-19-12-10-11-18(2)15-19)23(30)17-29(34(6,32)33)22-14-9-8-13-20(22)26/h8-15,21H,7,16-17H2,1-6H3,(H,27,31)/t21-/m1/s1. The molecule has 2 aromatic carbocycles. The van der Waals surface area contributed by atoms with Crippen molar-refractivity contribution in [3.8, 4) is 0 Å². The molecule has 0 unspecified atom stereocenters. The first-order valence-electron chi connectivity index (χ1n) is 11.1. The van der Waals surface area contributed by atoms with Crippen LogP contribution in [0.1, 0.15) is 45.2 Å². The Bertz CT molecular complexity index is 1130. The van der Waals surface area contributed by atoms with E-state index >= 15 is 0 Å². The molecule has 0 aliphatic heterocycles. The lowest BCUT2D eigenvalue weighted by atomic mass is 10.0. The van der Waals surface area contributed by atoms with Crippen LogP contribution in [-0.2, 0) is 26.2 Å². The van der Waals surface area contributed by atoms with Crippen LogP contribution in [0.25, 0.3) is 0 Å². The molecule has 0 aromatic heterocycles. The highest BCUT2D eigenvalue weighted by Crippen LogP contribution is 2.28. The summed E-state index contributed by atoms with van der Waals surface area (Å²) >= 11 is 3.38. The first-order valence-corrected chi connectivity index (χ1v) is 13.8. The van der Waals surface area contributed by atoms with Gasteiger partial charge in [0.2, 0.25) is 21.8 Å². The third kappa shape index (κ3) is 7.84. The number of hydrogen-bond donors (Lipinski definition) is 1. The lowest BCUT2D eigenvalue weighted by Gasteiger charge is -2.34. The fourth-order valence-corrected chi connectivity index (χ4v) is 5.11. The van der Waals surface area contributed by atoms with Crippen molar-refractivity contribution in [1.82, 2.24) is 10.2 Å². The Morgan fingerprint density at radius 1 is 1.09 bits per heavy atom. The molecule has 186 valence electrons. The molecule has 2 aromatic rings. The van der Waals surface area contributed by atoms with Crippen LogP contribution in [0.2, 0.25) is 0 Å². The highest BCUT2D eigenvalue weighted by molar-refractivity contribution is 9.10. The number of aryl methyl sites for hydroxylation is 1. The summed E-state index contributed by atoms with van der Waals surface area (Å²) in [5.74, 6) is -0.735. The minimum Gasteiger partial charge on any atom is -0.350 e. The van der Waals surface area contributed by atoms with Gasteiger partial charge in [-0.25, -0.2) is 8.42 Å². The summed E-state index contributed by atoms with van der Waals surface area (Å²) in [7, 11) is -3.77. The molecule has 0 bridgehead atoms.